The molecule has 0 radical (unpaired) electrons. The molecule has 7 heteroatoms. The topological polar surface area (TPSA) is 104 Å². The summed E-state index contributed by atoms with van der Waals surface area (Å²) in [6.45, 7) is 3.04. The van der Waals surface area contributed by atoms with Crippen molar-refractivity contribution >= 4 is 40.0 Å². The lowest BCUT2D eigenvalue weighted by Gasteiger charge is -2.12. The number of carbonyl (C=O) groups excluding carboxylic acids is 2. The number of amidine groups is 1. The summed E-state index contributed by atoms with van der Waals surface area (Å²) >= 11 is 0. The third-order valence-electron chi connectivity index (χ3n) is 4.09. The van der Waals surface area contributed by atoms with Gasteiger partial charge in [0.15, 0.2) is 5.84 Å². The Bertz CT molecular complexity index is 894. The van der Waals surface area contributed by atoms with Crippen molar-refractivity contribution in [2.45, 2.75) is 26.3 Å². The van der Waals surface area contributed by atoms with E-state index in [1.54, 1.807) is 14.0 Å². The number of hydrogen-bond acceptors (Lipinski definition) is 4. The number of aromatic amines is 1. The smallest absolute Gasteiger partial charge is 0.253 e. The van der Waals surface area contributed by atoms with Crippen LogP contribution in [0.15, 0.2) is 34.4 Å². The molecule has 124 valence electrons. The summed E-state index contributed by atoms with van der Waals surface area (Å²) in [7, 11) is 1.64. The van der Waals surface area contributed by atoms with Crippen molar-refractivity contribution in [2.75, 3.05) is 12.8 Å². The Morgan fingerprint density at radius 3 is 2.88 bits per heavy atom. The zero-order valence-corrected chi connectivity index (χ0v) is 13.8. The molecule has 1 aliphatic rings. The number of benzene rings is 1. The van der Waals surface area contributed by atoms with Crippen molar-refractivity contribution in [3.63, 3.8) is 0 Å². The van der Waals surface area contributed by atoms with Gasteiger partial charge in [0.2, 0.25) is 5.91 Å². The monoisotopic (exact) mass is 325 g/mol. The fourth-order valence-electron chi connectivity index (χ4n) is 3.03. The van der Waals surface area contributed by atoms with Gasteiger partial charge in [0.25, 0.3) is 5.91 Å². The van der Waals surface area contributed by atoms with Crippen molar-refractivity contribution in [2.24, 2.45) is 9.98 Å². The van der Waals surface area contributed by atoms with Crippen LogP contribution in [0.25, 0.3) is 10.9 Å². The van der Waals surface area contributed by atoms with E-state index in [-0.39, 0.29) is 11.8 Å². The van der Waals surface area contributed by atoms with Crippen LogP contribution in [0.3, 0.4) is 0 Å². The first-order chi connectivity index (χ1) is 11.4. The van der Waals surface area contributed by atoms with E-state index in [1.165, 1.54) is 11.8 Å². The van der Waals surface area contributed by atoms with Gasteiger partial charge < -0.3 is 10.7 Å². The highest BCUT2D eigenvalue weighted by Gasteiger charge is 2.33. The molecule has 3 N–H and O–H groups in total. The van der Waals surface area contributed by atoms with Crippen molar-refractivity contribution in [3.8, 4) is 0 Å². The first-order valence-electron chi connectivity index (χ1n) is 7.64. The predicted molar refractivity (Wildman–Crippen MR) is 94.2 cm³/mol. The average Bonchev–Trinajstić information content (AvgIpc) is 3.04. The maximum absolute atomic E-state index is 12.5. The number of anilines is 1. The summed E-state index contributed by atoms with van der Waals surface area (Å²) in [6, 6.07) is 5.11. The number of nitrogens with zero attached hydrogens (tertiary/aromatic N) is 3. The number of hydrogen-bond donors (Lipinski definition) is 2. The largest absolute Gasteiger partial charge is 0.398 e. The number of fused-ring (bicyclic) bond motifs is 1. The quantitative estimate of drug-likeness (QED) is 0.660. The maximum Gasteiger partial charge on any atom is 0.253 e. The van der Waals surface area contributed by atoms with Gasteiger partial charge in [0.05, 0.1) is 5.71 Å². The van der Waals surface area contributed by atoms with Gasteiger partial charge in [-0.15, -0.1) is 0 Å². The molecule has 0 spiro atoms. The van der Waals surface area contributed by atoms with Crippen LogP contribution in [0.1, 0.15) is 19.4 Å². The van der Waals surface area contributed by atoms with Crippen molar-refractivity contribution in [3.05, 3.63) is 30.0 Å². The molecule has 1 aromatic carbocycles. The highest BCUT2D eigenvalue weighted by atomic mass is 16.2. The van der Waals surface area contributed by atoms with Gasteiger partial charge in [0, 0.05) is 43.2 Å². The molecule has 0 fully saturated rings. The Morgan fingerprint density at radius 2 is 2.17 bits per heavy atom. The average molecular weight is 325 g/mol. The number of amides is 2. The van der Waals surface area contributed by atoms with Crippen LogP contribution < -0.4 is 5.73 Å². The van der Waals surface area contributed by atoms with Crippen LogP contribution in [-0.4, -0.2) is 46.3 Å². The lowest BCUT2D eigenvalue weighted by Crippen LogP contribution is -2.35. The van der Waals surface area contributed by atoms with Crippen LogP contribution in [0, 0.1) is 0 Å². The number of rotatable bonds is 3. The van der Waals surface area contributed by atoms with E-state index in [0.29, 0.717) is 23.7 Å². The molecule has 1 unspecified atom stereocenters. The summed E-state index contributed by atoms with van der Waals surface area (Å²) in [5.74, 6) is 0.00358. The second-order valence-electron chi connectivity index (χ2n) is 5.87. The zero-order valence-electron chi connectivity index (χ0n) is 13.8. The van der Waals surface area contributed by atoms with Gasteiger partial charge in [-0.05, 0) is 24.6 Å². The Kier molecular flexibility index (Phi) is 3.92. The molecule has 1 aromatic heterocycles. The molecule has 2 heterocycles. The third-order valence-corrected chi connectivity index (χ3v) is 4.09. The van der Waals surface area contributed by atoms with Gasteiger partial charge in [0.1, 0.15) is 6.04 Å². The fourth-order valence-corrected chi connectivity index (χ4v) is 3.03. The summed E-state index contributed by atoms with van der Waals surface area (Å²) < 4.78 is 0. The summed E-state index contributed by atoms with van der Waals surface area (Å²) in [4.78, 5) is 36.6. The van der Waals surface area contributed by atoms with Crippen LogP contribution in [0.2, 0.25) is 0 Å². The first kappa shape index (κ1) is 15.9. The molecular weight excluding hydrogens is 306 g/mol. The molecule has 0 aliphatic carbocycles. The van der Waals surface area contributed by atoms with E-state index in [0.717, 1.165) is 16.5 Å². The van der Waals surface area contributed by atoms with Gasteiger partial charge in [-0.3, -0.25) is 19.5 Å². The molecular formula is C17H19N5O2. The fraction of sp³-hybridized carbons (Fsp3) is 0.294. The number of aliphatic imine (C=N–C) groups is 2. The van der Waals surface area contributed by atoms with Crippen LogP contribution >= 0.6 is 0 Å². The van der Waals surface area contributed by atoms with E-state index in [2.05, 4.69) is 15.0 Å². The second kappa shape index (κ2) is 5.92. The van der Waals surface area contributed by atoms with E-state index >= 15 is 0 Å². The Balaban J connectivity index is 1.93. The van der Waals surface area contributed by atoms with Crippen LogP contribution in [0.4, 0.5) is 5.69 Å². The zero-order chi connectivity index (χ0) is 17.4. The standard InChI is InChI=1S/C17H19N5O2/c1-9(20-10(2)23)16-21-14(17(24)22(16)3)7-11-8-19-13-6-4-5-12(18)15(11)13/h4-6,8,14,19H,7,18H2,1-3H3. The van der Waals surface area contributed by atoms with Gasteiger partial charge in [-0.25, -0.2) is 4.99 Å². The molecule has 2 amide bonds. The van der Waals surface area contributed by atoms with Crippen molar-refractivity contribution in [1.29, 1.82) is 0 Å². The number of H-pyrrole nitrogens is 1. The van der Waals surface area contributed by atoms with E-state index in [4.69, 9.17) is 5.73 Å². The number of nitrogens with one attached hydrogen (secondary N) is 1. The van der Waals surface area contributed by atoms with E-state index in [1.807, 2.05) is 24.4 Å². The summed E-state index contributed by atoms with van der Waals surface area (Å²) in [5.41, 5.74) is 9.05. The minimum Gasteiger partial charge on any atom is -0.398 e. The first-order valence-corrected chi connectivity index (χ1v) is 7.64. The molecule has 1 aliphatic heterocycles. The highest BCUT2D eigenvalue weighted by Crippen LogP contribution is 2.27. The van der Waals surface area contributed by atoms with Gasteiger partial charge >= 0.3 is 0 Å². The van der Waals surface area contributed by atoms with Crippen LogP contribution in [0.5, 0.6) is 0 Å². The minimum absolute atomic E-state index is 0.119. The lowest BCUT2D eigenvalue weighted by atomic mass is 10.0. The Hall–Kier alpha value is -2.96. The maximum atomic E-state index is 12.5. The predicted octanol–water partition coefficient (Wildman–Crippen LogP) is 1.54. The normalized spacial score (nSPS) is 18.4. The lowest BCUT2D eigenvalue weighted by molar-refractivity contribution is -0.126. The molecule has 0 saturated carbocycles. The summed E-state index contributed by atoms with van der Waals surface area (Å²) in [6.07, 6.45) is 2.30. The molecule has 3 rings (SSSR count). The third kappa shape index (κ3) is 2.68. The number of nitrogens with two attached hydrogens (primary N) is 1. The van der Waals surface area contributed by atoms with E-state index in [9.17, 15) is 9.59 Å². The molecule has 1 atom stereocenters. The van der Waals surface area contributed by atoms with Crippen LogP contribution in [-0.2, 0) is 16.0 Å². The molecule has 2 aromatic rings. The number of nitrogen functional groups attached to an aromatic ring is 1. The van der Waals surface area contributed by atoms with Gasteiger partial charge in [-0.2, -0.15) is 0 Å². The molecule has 0 saturated heterocycles. The number of aromatic nitrogens is 1. The SMILES string of the molecule is CC(=O)N=C(C)C1=NC(Cc2c[nH]c3cccc(N)c23)C(=O)N1C. The van der Waals surface area contributed by atoms with Crippen molar-refractivity contribution in [1.82, 2.24) is 9.88 Å². The summed E-state index contributed by atoms with van der Waals surface area (Å²) in [5, 5.41) is 0.922. The second-order valence-corrected chi connectivity index (χ2v) is 5.87. The van der Waals surface area contributed by atoms with E-state index < -0.39 is 6.04 Å². The molecule has 24 heavy (non-hydrogen) atoms. The minimum atomic E-state index is -0.541. The highest BCUT2D eigenvalue weighted by molar-refractivity contribution is 6.45. The Labute approximate surface area is 139 Å². The van der Waals surface area contributed by atoms with Crippen molar-refractivity contribution < 1.29 is 9.59 Å². The number of carbonyl (C=O) groups is 2. The van der Waals surface area contributed by atoms with Gasteiger partial charge in [-0.1, -0.05) is 6.07 Å². The molecule has 7 nitrogen and oxygen atoms in total. The Morgan fingerprint density at radius 1 is 1.42 bits per heavy atom. The molecule has 0 bridgehead atoms. The number of likely N-dealkylation sites (N-methyl/N-ethyl adjacent to an activating group) is 1.